The molecule has 2 saturated heterocycles. The molecule has 0 radical (unpaired) electrons. The van der Waals surface area contributed by atoms with Gasteiger partial charge in [0.2, 0.25) is 5.95 Å². The van der Waals surface area contributed by atoms with E-state index in [1.165, 1.54) is 0 Å². The highest BCUT2D eigenvalue weighted by Crippen LogP contribution is 2.23. The summed E-state index contributed by atoms with van der Waals surface area (Å²) in [5.74, 6) is 2.92. The van der Waals surface area contributed by atoms with E-state index in [4.69, 9.17) is 4.98 Å². The minimum atomic E-state index is -2.92. The van der Waals surface area contributed by atoms with Crippen LogP contribution in [0, 0.1) is 0 Å². The second kappa shape index (κ2) is 7.30. The summed E-state index contributed by atoms with van der Waals surface area (Å²) in [7, 11) is -1.01. The number of nitrogens with zero attached hydrogens (tertiary/aromatic N) is 6. The van der Waals surface area contributed by atoms with Crippen molar-refractivity contribution >= 4 is 27.4 Å². The SMILES string of the molecule is CN(c1ccnc(N2CCN(c3ccccn3)CC2)n1)C1CCS(=O)(=O)C1. The van der Waals surface area contributed by atoms with Crippen LogP contribution in [0.25, 0.3) is 0 Å². The average Bonchev–Trinajstić information content (AvgIpc) is 3.08. The van der Waals surface area contributed by atoms with E-state index in [1.807, 2.05) is 42.4 Å². The number of hydrogen-bond acceptors (Lipinski definition) is 8. The van der Waals surface area contributed by atoms with Crippen LogP contribution in [-0.2, 0) is 9.84 Å². The van der Waals surface area contributed by atoms with Crippen LogP contribution in [0.2, 0.25) is 0 Å². The van der Waals surface area contributed by atoms with Crippen LogP contribution in [0.1, 0.15) is 6.42 Å². The number of pyridine rings is 1. The molecular weight excluding hydrogens is 364 g/mol. The highest BCUT2D eigenvalue weighted by molar-refractivity contribution is 7.91. The maximum atomic E-state index is 11.8. The van der Waals surface area contributed by atoms with E-state index in [-0.39, 0.29) is 17.5 Å². The monoisotopic (exact) mass is 388 g/mol. The quantitative estimate of drug-likeness (QED) is 0.761. The van der Waals surface area contributed by atoms with E-state index >= 15 is 0 Å². The molecule has 1 unspecified atom stereocenters. The fourth-order valence-electron chi connectivity index (χ4n) is 3.63. The lowest BCUT2D eigenvalue weighted by Gasteiger charge is -2.35. The fraction of sp³-hybridized carbons (Fsp3) is 0.500. The molecule has 4 heterocycles. The van der Waals surface area contributed by atoms with Gasteiger partial charge in [-0.2, -0.15) is 4.98 Å². The normalized spacial score (nSPS) is 22.0. The van der Waals surface area contributed by atoms with Gasteiger partial charge in [0.15, 0.2) is 9.84 Å². The fourth-order valence-corrected chi connectivity index (χ4v) is 5.41. The first-order valence-electron chi connectivity index (χ1n) is 9.19. The van der Waals surface area contributed by atoms with E-state index < -0.39 is 9.84 Å². The van der Waals surface area contributed by atoms with E-state index in [0.717, 1.165) is 37.8 Å². The van der Waals surface area contributed by atoms with Crippen LogP contribution in [0.3, 0.4) is 0 Å². The van der Waals surface area contributed by atoms with Gasteiger partial charge in [0.1, 0.15) is 11.6 Å². The Morgan fingerprint density at radius 2 is 1.81 bits per heavy atom. The summed E-state index contributed by atoms with van der Waals surface area (Å²) < 4.78 is 23.5. The molecule has 0 N–H and O–H groups in total. The minimum Gasteiger partial charge on any atom is -0.355 e. The second-order valence-electron chi connectivity index (χ2n) is 7.04. The molecule has 144 valence electrons. The van der Waals surface area contributed by atoms with Crippen LogP contribution < -0.4 is 14.7 Å². The molecule has 4 rings (SSSR count). The molecule has 0 amide bonds. The Bertz CT molecular complexity index is 884. The van der Waals surface area contributed by atoms with Gasteiger partial charge >= 0.3 is 0 Å². The third-order valence-electron chi connectivity index (χ3n) is 5.28. The molecule has 2 aromatic heterocycles. The molecular formula is C18H24N6O2S. The topological polar surface area (TPSA) is 82.5 Å². The van der Waals surface area contributed by atoms with Crippen LogP contribution >= 0.6 is 0 Å². The molecule has 0 spiro atoms. The van der Waals surface area contributed by atoms with Crippen molar-refractivity contribution in [3.05, 3.63) is 36.7 Å². The Morgan fingerprint density at radius 1 is 1.04 bits per heavy atom. The predicted octanol–water partition coefficient (Wildman–Crippen LogP) is 0.821. The molecule has 2 aromatic rings. The predicted molar refractivity (Wildman–Crippen MR) is 106 cm³/mol. The molecule has 0 saturated carbocycles. The lowest BCUT2D eigenvalue weighted by molar-refractivity contribution is 0.600. The number of rotatable bonds is 4. The van der Waals surface area contributed by atoms with Gasteiger partial charge in [-0.25, -0.2) is 18.4 Å². The van der Waals surface area contributed by atoms with Crippen LogP contribution in [0.5, 0.6) is 0 Å². The van der Waals surface area contributed by atoms with Crippen molar-refractivity contribution in [2.24, 2.45) is 0 Å². The summed E-state index contributed by atoms with van der Waals surface area (Å²) in [6, 6.07) is 7.78. The number of sulfone groups is 1. The Hall–Kier alpha value is -2.42. The van der Waals surface area contributed by atoms with Crippen LogP contribution in [0.15, 0.2) is 36.7 Å². The van der Waals surface area contributed by atoms with E-state index in [2.05, 4.69) is 19.8 Å². The Kier molecular flexibility index (Phi) is 4.86. The highest BCUT2D eigenvalue weighted by Gasteiger charge is 2.31. The first-order valence-corrected chi connectivity index (χ1v) is 11.0. The van der Waals surface area contributed by atoms with Gasteiger partial charge in [-0.15, -0.1) is 0 Å². The van der Waals surface area contributed by atoms with Gasteiger partial charge in [-0.1, -0.05) is 6.07 Å². The summed E-state index contributed by atoms with van der Waals surface area (Å²) >= 11 is 0. The minimum absolute atomic E-state index is 0.0150. The van der Waals surface area contributed by atoms with Crippen molar-refractivity contribution in [1.29, 1.82) is 0 Å². The standard InChI is InChI=1S/C18H24N6O2S/c1-22(15-6-13-27(25,26)14-15)17-5-8-20-18(21-17)24-11-9-23(10-12-24)16-4-2-3-7-19-16/h2-5,7-8,15H,6,9-14H2,1H3. The van der Waals surface area contributed by atoms with E-state index in [0.29, 0.717) is 12.4 Å². The van der Waals surface area contributed by atoms with E-state index in [1.54, 1.807) is 6.20 Å². The van der Waals surface area contributed by atoms with Gasteiger partial charge in [-0.05, 0) is 24.6 Å². The lowest BCUT2D eigenvalue weighted by atomic mass is 10.2. The summed E-state index contributed by atoms with van der Waals surface area (Å²) in [6.07, 6.45) is 4.22. The lowest BCUT2D eigenvalue weighted by Crippen LogP contribution is -2.47. The maximum absolute atomic E-state index is 11.8. The first kappa shape index (κ1) is 18.0. The van der Waals surface area contributed by atoms with Crippen molar-refractivity contribution in [3.63, 3.8) is 0 Å². The Balaban J connectivity index is 1.43. The number of anilines is 3. The van der Waals surface area contributed by atoms with Crippen LogP contribution in [0.4, 0.5) is 17.6 Å². The third kappa shape index (κ3) is 3.97. The zero-order chi connectivity index (χ0) is 18.9. The molecule has 0 bridgehead atoms. The first-order chi connectivity index (χ1) is 13.0. The maximum Gasteiger partial charge on any atom is 0.227 e. The summed E-state index contributed by atoms with van der Waals surface area (Å²) in [5.41, 5.74) is 0. The Morgan fingerprint density at radius 3 is 2.48 bits per heavy atom. The van der Waals surface area contributed by atoms with Gasteiger partial charge in [0.05, 0.1) is 11.5 Å². The second-order valence-corrected chi connectivity index (χ2v) is 9.27. The molecule has 0 aliphatic carbocycles. The molecule has 9 heteroatoms. The summed E-state index contributed by atoms with van der Waals surface area (Å²) in [6.45, 7) is 3.37. The number of aromatic nitrogens is 3. The van der Waals surface area contributed by atoms with Crippen molar-refractivity contribution in [2.75, 3.05) is 59.4 Å². The van der Waals surface area contributed by atoms with Crippen LogP contribution in [-0.4, -0.2) is 74.1 Å². The van der Waals surface area contributed by atoms with Gasteiger partial charge < -0.3 is 14.7 Å². The number of hydrogen-bond donors (Lipinski definition) is 0. The average molecular weight is 388 g/mol. The van der Waals surface area contributed by atoms with Crippen molar-refractivity contribution in [3.8, 4) is 0 Å². The van der Waals surface area contributed by atoms with Crippen molar-refractivity contribution in [1.82, 2.24) is 15.0 Å². The molecule has 2 aliphatic heterocycles. The summed E-state index contributed by atoms with van der Waals surface area (Å²) in [4.78, 5) is 19.9. The molecule has 0 aromatic carbocycles. The Labute approximate surface area is 159 Å². The molecule has 8 nitrogen and oxygen atoms in total. The smallest absolute Gasteiger partial charge is 0.227 e. The molecule has 2 fully saturated rings. The zero-order valence-electron chi connectivity index (χ0n) is 15.4. The van der Waals surface area contributed by atoms with Gasteiger partial charge in [-0.3, -0.25) is 0 Å². The zero-order valence-corrected chi connectivity index (χ0v) is 16.2. The van der Waals surface area contributed by atoms with Gasteiger partial charge in [0.25, 0.3) is 0 Å². The highest BCUT2D eigenvalue weighted by atomic mass is 32.2. The van der Waals surface area contributed by atoms with E-state index in [9.17, 15) is 8.42 Å². The van der Waals surface area contributed by atoms with Crippen molar-refractivity contribution < 1.29 is 8.42 Å². The largest absolute Gasteiger partial charge is 0.355 e. The molecule has 2 aliphatic rings. The molecule has 27 heavy (non-hydrogen) atoms. The van der Waals surface area contributed by atoms with Gasteiger partial charge in [0, 0.05) is 51.7 Å². The van der Waals surface area contributed by atoms with Crippen molar-refractivity contribution in [2.45, 2.75) is 12.5 Å². The third-order valence-corrected chi connectivity index (χ3v) is 7.03. The number of piperazine rings is 1. The molecule has 1 atom stereocenters. The summed E-state index contributed by atoms with van der Waals surface area (Å²) in [5, 5.41) is 0.